The topological polar surface area (TPSA) is 38.3 Å². The monoisotopic (exact) mass is 283 g/mol. The first-order chi connectivity index (χ1) is 8.99. The van der Waals surface area contributed by atoms with Crippen LogP contribution in [0.3, 0.4) is 0 Å². The van der Waals surface area contributed by atoms with Gasteiger partial charge in [-0.25, -0.2) is 0 Å². The molecule has 1 amide bonds. The Morgan fingerprint density at radius 3 is 2.79 bits per heavy atom. The molecule has 1 aromatic carbocycles. The fourth-order valence-corrected chi connectivity index (χ4v) is 1.58. The summed E-state index contributed by atoms with van der Waals surface area (Å²) in [4.78, 5) is 11.6. The van der Waals surface area contributed by atoms with E-state index in [2.05, 4.69) is 5.32 Å². The SMILES string of the molecule is Cc1cccc(OCCC(=O)NCC(Cl)C(C)C)c1. The van der Waals surface area contributed by atoms with Crippen molar-refractivity contribution in [1.82, 2.24) is 5.32 Å². The van der Waals surface area contributed by atoms with Crippen molar-refractivity contribution in [2.24, 2.45) is 5.92 Å². The second-order valence-corrected chi connectivity index (χ2v) is 5.54. The molecular formula is C15H22ClNO2. The number of carbonyl (C=O) groups is 1. The highest BCUT2D eigenvalue weighted by molar-refractivity contribution is 6.21. The maximum atomic E-state index is 11.6. The van der Waals surface area contributed by atoms with Gasteiger partial charge >= 0.3 is 0 Å². The van der Waals surface area contributed by atoms with Crippen molar-refractivity contribution >= 4 is 17.5 Å². The fourth-order valence-electron chi connectivity index (χ4n) is 1.50. The number of benzene rings is 1. The van der Waals surface area contributed by atoms with E-state index in [4.69, 9.17) is 16.3 Å². The quantitative estimate of drug-likeness (QED) is 0.781. The number of halogens is 1. The van der Waals surface area contributed by atoms with Crippen LogP contribution in [0.4, 0.5) is 0 Å². The average molecular weight is 284 g/mol. The van der Waals surface area contributed by atoms with Gasteiger partial charge in [-0.05, 0) is 30.5 Å². The number of hydrogen-bond donors (Lipinski definition) is 1. The molecule has 19 heavy (non-hydrogen) atoms. The van der Waals surface area contributed by atoms with Crippen LogP contribution >= 0.6 is 11.6 Å². The number of hydrogen-bond acceptors (Lipinski definition) is 2. The summed E-state index contributed by atoms with van der Waals surface area (Å²) >= 11 is 6.06. The lowest BCUT2D eigenvalue weighted by Crippen LogP contribution is -2.32. The number of ether oxygens (including phenoxy) is 1. The summed E-state index contributed by atoms with van der Waals surface area (Å²) in [6.45, 7) is 6.95. The van der Waals surface area contributed by atoms with Crippen molar-refractivity contribution in [3.63, 3.8) is 0 Å². The average Bonchev–Trinajstić information content (AvgIpc) is 2.36. The van der Waals surface area contributed by atoms with Gasteiger partial charge in [-0.2, -0.15) is 0 Å². The van der Waals surface area contributed by atoms with Gasteiger partial charge in [-0.1, -0.05) is 26.0 Å². The van der Waals surface area contributed by atoms with E-state index in [9.17, 15) is 4.79 Å². The molecule has 0 saturated heterocycles. The predicted octanol–water partition coefficient (Wildman–Crippen LogP) is 3.14. The predicted molar refractivity (Wildman–Crippen MR) is 78.8 cm³/mol. The number of alkyl halides is 1. The van der Waals surface area contributed by atoms with E-state index >= 15 is 0 Å². The third kappa shape index (κ3) is 6.48. The molecule has 0 aliphatic carbocycles. The maximum absolute atomic E-state index is 11.6. The zero-order valence-corrected chi connectivity index (χ0v) is 12.5. The molecule has 0 aliphatic rings. The molecule has 106 valence electrons. The van der Waals surface area contributed by atoms with Crippen LogP contribution in [-0.4, -0.2) is 24.4 Å². The fraction of sp³-hybridized carbons (Fsp3) is 0.533. The van der Waals surface area contributed by atoms with Gasteiger partial charge in [-0.15, -0.1) is 11.6 Å². The number of amides is 1. The summed E-state index contributed by atoms with van der Waals surface area (Å²) in [6.07, 6.45) is 0.343. The highest BCUT2D eigenvalue weighted by Crippen LogP contribution is 2.12. The Morgan fingerprint density at radius 2 is 2.16 bits per heavy atom. The van der Waals surface area contributed by atoms with Crippen molar-refractivity contribution in [1.29, 1.82) is 0 Å². The van der Waals surface area contributed by atoms with Gasteiger partial charge < -0.3 is 10.1 Å². The summed E-state index contributed by atoms with van der Waals surface area (Å²) in [5, 5.41) is 2.78. The van der Waals surface area contributed by atoms with Crippen LogP contribution in [0.15, 0.2) is 24.3 Å². The van der Waals surface area contributed by atoms with Crippen LogP contribution in [0.25, 0.3) is 0 Å². The highest BCUT2D eigenvalue weighted by atomic mass is 35.5. The van der Waals surface area contributed by atoms with Gasteiger partial charge in [0, 0.05) is 6.54 Å². The first kappa shape index (κ1) is 15.8. The van der Waals surface area contributed by atoms with Crippen molar-refractivity contribution in [3.05, 3.63) is 29.8 Å². The molecule has 4 heteroatoms. The Labute approximate surface area is 120 Å². The zero-order valence-electron chi connectivity index (χ0n) is 11.8. The molecule has 1 unspecified atom stereocenters. The summed E-state index contributed by atoms with van der Waals surface area (Å²) < 4.78 is 5.52. The second-order valence-electron chi connectivity index (χ2n) is 4.98. The summed E-state index contributed by atoms with van der Waals surface area (Å²) in [5.41, 5.74) is 1.14. The zero-order chi connectivity index (χ0) is 14.3. The van der Waals surface area contributed by atoms with Crippen molar-refractivity contribution in [2.75, 3.05) is 13.2 Å². The molecule has 0 aromatic heterocycles. The van der Waals surface area contributed by atoms with Crippen LogP contribution in [-0.2, 0) is 4.79 Å². The van der Waals surface area contributed by atoms with E-state index in [1.54, 1.807) is 0 Å². The molecule has 1 atom stereocenters. The molecular weight excluding hydrogens is 262 g/mol. The van der Waals surface area contributed by atoms with E-state index in [1.807, 2.05) is 45.0 Å². The first-order valence-corrected chi connectivity index (χ1v) is 7.03. The third-order valence-corrected chi connectivity index (χ3v) is 3.46. The van der Waals surface area contributed by atoms with Crippen molar-refractivity contribution in [3.8, 4) is 5.75 Å². The van der Waals surface area contributed by atoms with Gasteiger partial charge in [0.15, 0.2) is 0 Å². The van der Waals surface area contributed by atoms with E-state index in [-0.39, 0.29) is 11.3 Å². The Morgan fingerprint density at radius 1 is 1.42 bits per heavy atom. The summed E-state index contributed by atoms with van der Waals surface area (Å²) in [7, 11) is 0. The normalized spacial score (nSPS) is 12.3. The van der Waals surface area contributed by atoms with Crippen molar-refractivity contribution < 1.29 is 9.53 Å². The smallest absolute Gasteiger partial charge is 0.223 e. The Bertz CT molecular complexity index is 407. The van der Waals surface area contributed by atoms with Gasteiger partial charge in [0.1, 0.15) is 5.75 Å². The van der Waals surface area contributed by atoms with E-state index in [1.165, 1.54) is 0 Å². The lowest BCUT2D eigenvalue weighted by atomic mass is 10.1. The molecule has 3 nitrogen and oxygen atoms in total. The maximum Gasteiger partial charge on any atom is 0.223 e. The number of nitrogens with one attached hydrogen (secondary N) is 1. The number of aryl methyl sites for hydroxylation is 1. The lowest BCUT2D eigenvalue weighted by Gasteiger charge is -2.14. The molecule has 1 aromatic rings. The Balaban J connectivity index is 2.20. The van der Waals surface area contributed by atoms with E-state index in [0.717, 1.165) is 11.3 Å². The second kappa shape index (κ2) is 8.05. The van der Waals surface area contributed by atoms with Crippen LogP contribution in [0.1, 0.15) is 25.8 Å². The van der Waals surface area contributed by atoms with Gasteiger partial charge in [0.2, 0.25) is 5.91 Å². The molecule has 0 spiro atoms. The van der Waals surface area contributed by atoms with E-state index < -0.39 is 0 Å². The minimum absolute atomic E-state index is 0.0263. The van der Waals surface area contributed by atoms with Gasteiger partial charge in [0.25, 0.3) is 0 Å². The third-order valence-electron chi connectivity index (χ3n) is 2.81. The highest BCUT2D eigenvalue weighted by Gasteiger charge is 2.10. The molecule has 0 radical (unpaired) electrons. The number of carbonyl (C=O) groups excluding carboxylic acids is 1. The van der Waals surface area contributed by atoms with Crippen molar-refractivity contribution in [2.45, 2.75) is 32.6 Å². The molecule has 1 N–H and O–H groups in total. The van der Waals surface area contributed by atoms with Gasteiger partial charge in [-0.3, -0.25) is 4.79 Å². The standard InChI is InChI=1S/C15H22ClNO2/c1-11(2)14(16)10-17-15(18)7-8-19-13-6-4-5-12(3)9-13/h4-6,9,11,14H,7-8,10H2,1-3H3,(H,17,18). The van der Waals surface area contributed by atoms with Crippen LogP contribution < -0.4 is 10.1 Å². The molecule has 0 fully saturated rings. The molecule has 0 saturated carbocycles. The molecule has 0 aliphatic heterocycles. The number of rotatable bonds is 7. The largest absolute Gasteiger partial charge is 0.493 e. The van der Waals surface area contributed by atoms with Crippen LogP contribution in [0.2, 0.25) is 0 Å². The molecule has 1 rings (SSSR count). The first-order valence-electron chi connectivity index (χ1n) is 6.59. The minimum atomic E-state index is -0.0287. The minimum Gasteiger partial charge on any atom is -0.493 e. The lowest BCUT2D eigenvalue weighted by molar-refractivity contribution is -0.121. The summed E-state index contributed by atoms with van der Waals surface area (Å²) in [6, 6.07) is 7.78. The van der Waals surface area contributed by atoms with Crippen LogP contribution in [0, 0.1) is 12.8 Å². The Kier molecular flexibility index (Phi) is 6.71. The van der Waals surface area contributed by atoms with Gasteiger partial charge in [0.05, 0.1) is 18.4 Å². The van der Waals surface area contributed by atoms with Crippen LogP contribution in [0.5, 0.6) is 5.75 Å². The molecule has 0 bridgehead atoms. The van der Waals surface area contributed by atoms with E-state index in [0.29, 0.717) is 25.5 Å². The Hall–Kier alpha value is -1.22. The molecule has 0 heterocycles. The summed E-state index contributed by atoms with van der Waals surface area (Å²) in [5.74, 6) is 1.12.